The first-order valence-corrected chi connectivity index (χ1v) is 10.7. The second kappa shape index (κ2) is 8.35. The molecular formula is C23H25N3O2S. The molecule has 0 aliphatic carbocycles. The molecule has 1 aliphatic rings. The number of benzene rings is 2. The molecule has 0 bridgehead atoms. The van der Waals surface area contributed by atoms with Crippen LogP contribution >= 0.6 is 11.3 Å². The number of thiazole rings is 1. The number of rotatable bonds is 4. The summed E-state index contributed by atoms with van der Waals surface area (Å²) in [5.41, 5.74) is 3.62. The van der Waals surface area contributed by atoms with E-state index < -0.39 is 0 Å². The maximum absolute atomic E-state index is 13.3. The van der Waals surface area contributed by atoms with Crippen LogP contribution in [0, 0.1) is 0 Å². The Morgan fingerprint density at radius 1 is 1.10 bits per heavy atom. The molecule has 0 saturated carbocycles. The molecule has 150 valence electrons. The van der Waals surface area contributed by atoms with Gasteiger partial charge in [-0.05, 0) is 56.8 Å². The fraction of sp³-hybridized carbons (Fsp3) is 0.304. The third kappa shape index (κ3) is 4.33. The van der Waals surface area contributed by atoms with Gasteiger partial charge in [-0.25, -0.2) is 4.98 Å². The molecule has 0 saturated heterocycles. The fourth-order valence-corrected chi connectivity index (χ4v) is 4.27. The Morgan fingerprint density at radius 3 is 2.62 bits per heavy atom. The summed E-state index contributed by atoms with van der Waals surface area (Å²) in [5, 5.41) is 2.69. The summed E-state index contributed by atoms with van der Waals surface area (Å²) >= 11 is 1.49. The van der Waals surface area contributed by atoms with Crippen LogP contribution in [-0.4, -0.2) is 42.0 Å². The van der Waals surface area contributed by atoms with Crippen molar-refractivity contribution in [2.24, 2.45) is 0 Å². The van der Waals surface area contributed by atoms with Gasteiger partial charge in [-0.1, -0.05) is 18.2 Å². The highest BCUT2D eigenvalue weighted by molar-refractivity contribution is 7.13. The van der Waals surface area contributed by atoms with Crippen molar-refractivity contribution >= 4 is 22.9 Å². The fourth-order valence-electron chi connectivity index (χ4n) is 3.47. The number of likely N-dealkylation sites (N-methyl/N-ethyl adjacent to an activating group) is 1. The van der Waals surface area contributed by atoms with Crippen molar-refractivity contribution in [1.82, 2.24) is 9.88 Å². The Hall–Kier alpha value is -2.70. The first-order valence-electron chi connectivity index (χ1n) is 9.82. The van der Waals surface area contributed by atoms with E-state index >= 15 is 0 Å². The van der Waals surface area contributed by atoms with E-state index in [0.717, 1.165) is 40.7 Å². The maximum Gasteiger partial charge on any atom is 0.277 e. The topological polar surface area (TPSA) is 45.7 Å². The standard InChI is InChI=1S/C23H25N3O2S/c1-16(2)28-19-10-8-17(9-11-19)22-24-20(15-29-22)23(27)26-13-12-25(3)14-18-6-4-5-7-21(18)26/h4-11,15-16H,12-14H2,1-3H3. The van der Waals surface area contributed by atoms with E-state index in [0.29, 0.717) is 12.2 Å². The molecule has 0 fully saturated rings. The number of hydrogen-bond donors (Lipinski definition) is 0. The number of amides is 1. The van der Waals surface area contributed by atoms with Crippen molar-refractivity contribution in [2.45, 2.75) is 26.5 Å². The van der Waals surface area contributed by atoms with E-state index in [1.54, 1.807) is 0 Å². The molecule has 0 atom stereocenters. The predicted octanol–water partition coefficient (Wildman–Crippen LogP) is 4.69. The van der Waals surface area contributed by atoms with E-state index in [4.69, 9.17) is 4.74 Å². The van der Waals surface area contributed by atoms with Gasteiger partial charge in [-0.2, -0.15) is 0 Å². The van der Waals surface area contributed by atoms with Gasteiger partial charge in [0.1, 0.15) is 16.5 Å². The molecule has 0 spiro atoms. The number of nitrogens with zero attached hydrogens (tertiary/aromatic N) is 3. The van der Waals surface area contributed by atoms with Crippen LogP contribution in [0.5, 0.6) is 5.75 Å². The number of fused-ring (bicyclic) bond motifs is 1. The predicted molar refractivity (Wildman–Crippen MR) is 118 cm³/mol. The zero-order valence-electron chi connectivity index (χ0n) is 17.0. The highest BCUT2D eigenvalue weighted by Crippen LogP contribution is 2.29. The molecule has 1 aliphatic heterocycles. The molecule has 4 rings (SSSR count). The second-order valence-electron chi connectivity index (χ2n) is 7.55. The molecule has 1 amide bonds. The molecular weight excluding hydrogens is 382 g/mol. The van der Waals surface area contributed by atoms with Crippen LogP contribution in [0.4, 0.5) is 5.69 Å². The first kappa shape index (κ1) is 19.6. The molecule has 1 aromatic heterocycles. The molecule has 2 heterocycles. The Labute approximate surface area is 175 Å². The minimum atomic E-state index is -0.0463. The lowest BCUT2D eigenvalue weighted by atomic mass is 10.1. The monoisotopic (exact) mass is 407 g/mol. The number of carbonyl (C=O) groups is 1. The van der Waals surface area contributed by atoms with Gasteiger partial charge < -0.3 is 14.5 Å². The number of ether oxygens (including phenoxy) is 1. The molecule has 29 heavy (non-hydrogen) atoms. The lowest BCUT2D eigenvalue weighted by Gasteiger charge is -2.21. The summed E-state index contributed by atoms with van der Waals surface area (Å²) in [5.74, 6) is 0.789. The summed E-state index contributed by atoms with van der Waals surface area (Å²) < 4.78 is 5.70. The molecule has 6 heteroatoms. The quantitative estimate of drug-likeness (QED) is 0.629. The van der Waals surface area contributed by atoms with Crippen LogP contribution in [-0.2, 0) is 6.54 Å². The summed E-state index contributed by atoms with van der Waals surface area (Å²) in [6.45, 7) is 6.33. The van der Waals surface area contributed by atoms with E-state index in [2.05, 4.69) is 23.0 Å². The van der Waals surface area contributed by atoms with Crippen molar-refractivity contribution in [3.63, 3.8) is 0 Å². The average Bonchev–Trinajstić information content (AvgIpc) is 3.13. The molecule has 0 unspecified atom stereocenters. The minimum Gasteiger partial charge on any atom is -0.491 e. The van der Waals surface area contributed by atoms with Crippen LogP contribution in [0.1, 0.15) is 29.9 Å². The van der Waals surface area contributed by atoms with Gasteiger partial charge >= 0.3 is 0 Å². The van der Waals surface area contributed by atoms with Crippen LogP contribution in [0.15, 0.2) is 53.9 Å². The Morgan fingerprint density at radius 2 is 1.86 bits per heavy atom. The number of aromatic nitrogens is 1. The number of para-hydroxylation sites is 1. The second-order valence-corrected chi connectivity index (χ2v) is 8.41. The number of hydrogen-bond acceptors (Lipinski definition) is 5. The summed E-state index contributed by atoms with van der Waals surface area (Å²) in [6.07, 6.45) is 0.139. The van der Waals surface area contributed by atoms with Crippen molar-refractivity contribution in [3.8, 4) is 16.3 Å². The highest BCUT2D eigenvalue weighted by Gasteiger charge is 2.25. The van der Waals surface area contributed by atoms with Gasteiger partial charge in [-0.3, -0.25) is 4.79 Å². The Kier molecular flexibility index (Phi) is 5.65. The van der Waals surface area contributed by atoms with Crippen LogP contribution in [0.3, 0.4) is 0 Å². The van der Waals surface area contributed by atoms with Gasteiger partial charge in [0.15, 0.2) is 0 Å². The van der Waals surface area contributed by atoms with Crippen molar-refractivity contribution in [3.05, 3.63) is 65.2 Å². The molecule has 3 aromatic rings. The Bertz CT molecular complexity index is 997. The largest absolute Gasteiger partial charge is 0.491 e. The highest BCUT2D eigenvalue weighted by atomic mass is 32.1. The number of carbonyl (C=O) groups excluding carboxylic acids is 1. The van der Waals surface area contributed by atoms with Crippen molar-refractivity contribution < 1.29 is 9.53 Å². The van der Waals surface area contributed by atoms with Crippen molar-refractivity contribution in [2.75, 3.05) is 25.0 Å². The lowest BCUT2D eigenvalue weighted by Crippen LogP contribution is -2.35. The van der Waals surface area contributed by atoms with Gasteiger partial charge in [-0.15, -0.1) is 11.3 Å². The third-order valence-electron chi connectivity index (χ3n) is 4.87. The van der Waals surface area contributed by atoms with Gasteiger partial charge in [0, 0.05) is 36.3 Å². The minimum absolute atomic E-state index is 0.0463. The summed E-state index contributed by atoms with van der Waals surface area (Å²) in [6, 6.07) is 16.0. The molecule has 0 N–H and O–H groups in total. The molecule has 0 radical (unpaired) electrons. The molecule has 5 nitrogen and oxygen atoms in total. The third-order valence-corrected chi connectivity index (χ3v) is 5.76. The zero-order chi connectivity index (χ0) is 20.4. The van der Waals surface area contributed by atoms with Crippen LogP contribution < -0.4 is 9.64 Å². The van der Waals surface area contributed by atoms with Gasteiger partial charge in [0.25, 0.3) is 5.91 Å². The SMILES string of the molecule is CC(C)Oc1ccc(-c2nc(C(=O)N3CCN(C)Cc4ccccc43)cs2)cc1. The average molecular weight is 408 g/mol. The zero-order valence-corrected chi connectivity index (χ0v) is 17.8. The van der Waals surface area contributed by atoms with Crippen LogP contribution in [0.2, 0.25) is 0 Å². The molecule has 2 aromatic carbocycles. The van der Waals surface area contributed by atoms with E-state index in [1.807, 2.05) is 66.6 Å². The smallest absolute Gasteiger partial charge is 0.277 e. The van der Waals surface area contributed by atoms with Crippen LogP contribution in [0.25, 0.3) is 10.6 Å². The van der Waals surface area contributed by atoms with Gasteiger partial charge in [0.05, 0.1) is 6.10 Å². The van der Waals surface area contributed by atoms with E-state index in [-0.39, 0.29) is 12.0 Å². The normalized spacial score (nSPS) is 14.6. The van der Waals surface area contributed by atoms with Gasteiger partial charge in [0.2, 0.25) is 0 Å². The summed E-state index contributed by atoms with van der Waals surface area (Å²) in [7, 11) is 2.08. The van der Waals surface area contributed by atoms with E-state index in [1.165, 1.54) is 11.3 Å². The first-order chi connectivity index (χ1) is 14.0. The van der Waals surface area contributed by atoms with E-state index in [9.17, 15) is 4.79 Å². The van der Waals surface area contributed by atoms with Crippen molar-refractivity contribution in [1.29, 1.82) is 0 Å². The summed E-state index contributed by atoms with van der Waals surface area (Å²) in [4.78, 5) is 22.0. The Balaban J connectivity index is 1.57. The lowest BCUT2D eigenvalue weighted by molar-refractivity contribution is 0.0982. The maximum atomic E-state index is 13.3. The number of anilines is 1.